The van der Waals surface area contributed by atoms with Crippen LogP contribution in [0.25, 0.3) is 10.9 Å². The third-order valence-corrected chi connectivity index (χ3v) is 4.39. The van der Waals surface area contributed by atoms with Gasteiger partial charge in [-0.2, -0.15) is 0 Å². The molecule has 1 heterocycles. The summed E-state index contributed by atoms with van der Waals surface area (Å²) in [4.78, 5) is 15.5. The van der Waals surface area contributed by atoms with Crippen molar-refractivity contribution in [3.8, 4) is 0 Å². The van der Waals surface area contributed by atoms with E-state index in [1.54, 1.807) is 12.1 Å². The van der Waals surface area contributed by atoms with E-state index < -0.39 is 0 Å². The SMILES string of the molecule is C[C@@H](NC(=O)Cc1c[nH]c2ccccc12)c1ccc(Cl)cc1Cl. The molecule has 0 aliphatic rings. The highest BCUT2D eigenvalue weighted by Gasteiger charge is 2.14. The lowest BCUT2D eigenvalue weighted by atomic mass is 10.1. The predicted molar refractivity (Wildman–Crippen MR) is 95.0 cm³/mol. The van der Waals surface area contributed by atoms with E-state index in [1.165, 1.54) is 0 Å². The Morgan fingerprint density at radius 2 is 2.00 bits per heavy atom. The van der Waals surface area contributed by atoms with Gasteiger partial charge in [-0.15, -0.1) is 0 Å². The maximum atomic E-state index is 12.3. The van der Waals surface area contributed by atoms with Gasteiger partial charge < -0.3 is 10.3 Å². The average molecular weight is 347 g/mol. The minimum atomic E-state index is -0.183. The Labute approximate surface area is 144 Å². The van der Waals surface area contributed by atoms with Gasteiger partial charge in [-0.05, 0) is 36.2 Å². The molecule has 0 aliphatic heterocycles. The van der Waals surface area contributed by atoms with E-state index in [2.05, 4.69) is 10.3 Å². The molecule has 0 unspecified atom stereocenters. The van der Waals surface area contributed by atoms with Crippen molar-refractivity contribution >= 4 is 40.0 Å². The Morgan fingerprint density at radius 3 is 2.78 bits per heavy atom. The smallest absolute Gasteiger partial charge is 0.224 e. The normalized spacial score (nSPS) is 12.3. The molecule has 23 heavy (non-hydrogen) atoms. The lowest BCUT2D eigenvalue weighted by Crippen LogP contribution is -2.28. The molecule has 3 nitrogen and oxygen atoms in total. The number of aromatic nitrogens is 1. The first kappa shape index (κ1) is 15.9. The zero-order valence-electron chi connectivity index (χ0n) is 12.6. The number of nitrogens with one attached hydrogen (secondary N) is 2. The van der Waals surface area contributed by atoms with Crippen LogP contribution >= 0.6 is 23.2 Å². The number of hydrogen-bond donors (Lipinski definition) is 2. The lowest BCUT2D eigenvalue weighted by Gasteiger charge is -2.16. The molecule has 2 aromatic carbocycles. The molecule has 0 fully saturated rings. The molecule has 118 valence electrons. The van der Waals surface area contributed by atoms with Gasteiger partial charge in [-0.1, -0.05) is 47.5 Å². The molecule has 3 rings (SSSR count). The summed E-state index contributed by atoms with van der Waals surface area (Å²) in [6, 6.07) is 13.0. The van der Waals surface area contributed by atoms with Crippen molar-refractivity contribution < 1.29 is 4.79 Å². The lowest BCUT2D eigenvalue weighted by molar-refractivity contribution is -0.121. The number of H-pyrrole nitrogens is 1. The maximum Gasteiger partial charge on any atom is 0.224 e. The van der Waals surface area contributed by atoms with Gasteiger partial charge in [-0.3, -0.25) is 4.79 Å². The van der Waals surface area contributed by atoms with Crippen LogP contribution in [0.15, 0.2) is 48.7 Å². The van der Waals surface area contributed by atoms with E-state index in [9.17, 15) is 4.79 Å². The fraction of sp³-hybridized carbons (Fsp3) is 0.167. The number of halogens is 2. The standard InChI is InChI=1S/C18H16Cl2N2O/c1-11(14-7-6-13(19)9-16(14)20)22-18(23)8-12-10-21-17-5-3-2-4-15(12)17/h2-7,9-11,21H,8H2,1H3,(H,22,23)/t11-/m1/s1. The summed E-state index contributed by atoms with van der Waals surface area (Å²) in [6.07, 6.45) is 2.20. The third-order valence-electron chi connectivity index (χ3n) is 3.83. The van der Waals surface area contributed by atoms with Crippen LogP contribution in [-0.4, -0.2) is 10.9 Å². The molecular weight excluding hydrogens is 331 g/mol. The summed E-state index contributed by atoms with van der Waals surface area (Å²) in [7, 11) is 0. The van der Waals surface area contributed by atoms with Crippen molar-refractivity contribution in [2.75, 3.05) is 0 Å². The first-order valence-electron chi connectivity index (χ1n) is 7.34. The number of para-hydroxylation sites is 1. The summed E-state index contributed by atoms with van der Waals surface area (Å²) in [5.41, 5.74) is 2.86. The molecule has 0 aliphatic carbocycles. The van der Waals surface area contributed by atoms with Gasteiger partial charge in [0.2, 0.25) is 5.91 Å². The molecule has 3 aromatic rings. The largest absolute Gasteiger partial charge is 0.361 e. The van der Waals surface area contributed by atoms with Gasteiger partial charge in [0.05, 0.1) is 12.5 Å². The third kappa shape index (κ3) is 3.52. The number of fused-ring (bicyclic) bond motifs is 1. The van der Waals surface area contributed by atoms with Crippen LogP contribution in [0.2, 0.25) is 10.0 Å². The highest BCUT2D eigenvalue weighted by Crippen LogP contribution is 2.26. The average Bonchev–Trinajstić information content (AvgIpc) is 2.90. The van der Waals surface area contributed by atoms with E-state index in [0.29, 0.717) is 16.5 Å². The van der Waals surface area contributed by atoms with Gasteiger partial charge in [-0.25, -0.2) is 0 Å². The number of rotatable bonds is 4. The van der Waals surface area contributed by atoms with E-state index >= 15 is 0 Å². The number of carbonyl (C=O) groups is 1. The van der Waals surface area contributed by atoms with Gasteiger partial charge in [0.25, 0.3) is 0 Å². The molecular formula is C18H16Cl2N2O. The molecule has 0 saturated carbocycles. The van der Waals surface area contributed by atoms with Gasteiger partial charge in [0, 0.05) is 27.1 Å². The van der Waals surface area contributed by atoms with Crippen molar-refractivity contribution in [3.05, 3.63) is 69.8 Å². The predicted octanol–water partition coefficient (Wildman–Crippen LogP) is 4.89. The van der Waals surface area contributed by atoms with E-state index in [0.717, 1.165) is 22.0 Å². The topological polar surface area (TPSA) is 44.9 Å². The highest BCUT2D eigenvalue weighted by atomic mass is 35.5. The maximum absolute atomic E-state index is 12.3. The Morgan fingerprint density at radius 1 is 1.22 bits per heavy atom. The number of aromatic amines is 1. The molecule has 2 N–H and O–H groups in total. The monoisotopic (exact) mass is 346 g/mol. The van der Waals surface area contributed by atoms with Crippen LogP contribution in [0.4, 0.5) is 0 Å². The second-order valence-electron chi connectivity index (χ2n) is 5.49. The molecule has 5 heteroatoms. The molecule has 0 bridgehead atoms. The Hall–Kier alpha value is -1.97. The fourth-order valence-electron chi connectivity index (χ4n) is 2.67. The number of hydrogen-bond acceptors (Lipinski definition) is 1. The van der Waals surface area contributed by atoms with Gasteiger partial charge >= 0.3 is 0 Å². The van der Waals surface area contributed by atoms with Crippen LogP contribution in [0.5, 0.6) is 0 Å². The Balaban J connectivity index is 1.71. The van der Waals surface area contributed by atoms with E-state index in [1.807, 2.05) is 43.5 Å². The first-order chi connectivity index (χ1) is 11.0. The quantitative estimate of drug-likeness (QED) is 0.693. The second kappa shape index (κ2) is 6.65. The van der Waals surface area contributed by atoms with Crippen molar-refractivity contribution in [2.24, 2.45) is 0 Å². The zero-order chi connectivity index (χ0) is 16.4. The molecule has 1 amide bonds. The zero-order valence-corrected chi connectivity index (χ0v) is 14.1. The van der Waals surface area contributed by atoms with Crippen LogP contribution < -0.4 is 5.32 Å². The van der Waals surface area contributed by atoms with E-state index in [4.69, 9.17) is 23.2 Å². The van der Waals surface area contributed by atoms with Crippen molar-refractivity contribution in [1.29, 1.82) is 0 Å². The van der Waals surface area contributed by atoms with Crippen LogP contribution in [-0.2, 0) is 11.2 Å². The van der Waals surface area contributed by atoms with Crippen molar-refractivity contribution in [3.63, 3.8) is 0 Å². The number of benzene rings is 2. The van der Waals surface area contributed by atoms with Gasteiger partial charge in [0.1, 0.15) is 0 Å². The van der Waals surface area contributed by atoms with Crippen molar-refractivity contribution in [2.45, 2.75) is 19.4 Å². The summed E-state index contributed by atoms with van der Waals surface area (Å²) >= 11 is 12.1. The molecule has 0 radical (unpaired) electrons. The second-order valence-corrected chi connectivity index (χ2v) is 6.33. The molecule has 0 saturated heterocycles. The molecule has 1 aromatic heterocycles. The molecule has 0 spiro atoms. The first-order valence-corrected chi connectivity index (χ1v) is 8.09. The minimum absolute atomic E-state index is 0.0479. The summed E-state index contributed by atoms with van der Waals surface area (Å²) in [5, 5.41) is 5.18. The summed E-state index contributed by atoms with van der Waals surface area (Å²) in [6.45, 7) is 1.91. The molecule has 1 atom stereocenters. The fourth-order valence-corrected chi connectivity index (χ4v) is 3.25. The van der Waals surface area contributed by atoms with Crippen molar-refractivity contribution in [1.82, 2.24) is 10.3 Å². The van der Waals surface area contributed by atoms with Gasteiger partial charge in [0.15, 0.2) is 0 Å². The van der Waals surface area contributed by atoms with Crippen LogP contribution in [0.1, 0.15) is 24.1 Å². The Kier molecular flexibility index (Phi) is 4.60. The number of carbonyl (C=O) groups excluding carboxylic acids is 1. The Bertz CT molecular complexity index is 857. The summed E-state index contributed by atoms with van der Waals surface area (Å²) < 4.78 is 0. The van der Waals surface area contributed by atoms with E-state index in [-0.39, 0.29) is 11.9 Å². The van der Waals surface area contributed by atoms with Crippen LogP contribution in [0.3, 0.4) is 0 Å². The number of amides is 1. The van der Waals surface area contributed by atoms with Crippen LogP contribution in [0, 0.1) is 0 Å². The summed E-state index contributed by atoms with van der Waals surface area (Å²) in [5.74, 6) is -0.0479. The minimum Gasteiger partial charge on any atom is -0.361 e. The highest BCUT2D eigenvalue weighted by molar-refractivity contribution is 6.35.